The van der Waals surface area contributed by atoms with E-state index >= 15 is 0 Å². The van der Waals surface area contributed by atoms with Gasteiger partial charge in [-0.05, 0) is 37.3 Å². The fraction of sp³-hybridized carbons (Fsp3) is 0.0952. The molecule has 0 fully saturated rings. The summed E-state index contributed by atoms with van der Waals surface area (Å²) in [6.45, 7) is 1.68. The number of nitrogens with one attached hydrogen (secondary N) is 1. The Morgan fingerprint density at radius 3 is 2.90 bits per heavy atom. The average molecular weight is 411 g/mol. The molecule has 2 N–H and O–H groups in total. The number of hydrogen-bond donors (Lipinski definition) is 2. The molecule has 9 heteroatoms. The van der Waals surface area contributed by atoms with Crippen LogP contribution in [0.2, 0.25) is 0 Å². The van der Waals surface area contributed by atoms with Gasteiger partial charge in [0.25, 0.3) is 0 Å². The van der Waals surface area contributed by atoms with E-state index in [0.717, 1.165) is 17.7 Å². The number of aromatic hydroxyl groups is 1. The van der Waals surface area contributed by atoms with Crippen LogP contribution in [0, 0.1) is 11.6 Å². The van der Waals surface area contributed by atoms with Crippen LogP contribution in [0.4, 0.5) is 26.2 Å². The predicted octanol–water partition coefficient (Wildman–Crippen LogP) is 4.84. The molecule has 30 heavy (non-hydrogen) atoms. The molecule has 2 aromatic heterocycles. The number of fused-ring (bicyclic) bond motifs is 1. The summed E-state index contributed by atoms with van der Waals surface area (Å²) in [4.78, 5) is 20.7. The Labute approximate surface area is 169 Å². The van der Waals surface area contributed by atoms with Crippen LogP contribution in [0.15, 0.2) is 45.9 Å². The van der Waals surface area contributed by atoms with E-state index in [2.05, 4.69) is 15.3 Å². The first kappa shape index (κ1) is 19.3. The number of nitrogens with zero attached hydrogens (tertiary/aromatic N) is 2. The molecule has 1 aromatic carbocycles. The van der Waals surface area contributed by atoms with Crippen molar-refractivity contribution in [2.75, 3.05) is 11.9 Å². The second-order valence-corrected chi connectivity index (χ2v) is 6.23. The zero-order valence-electron chi connectivity index (χ0n) is 15.6. The number of anilines is 2. The monoisotopic (exact) mass is 411 g/mol. The quantitative estimate of drug-likeness (QED) is 0.584. The van der Waals surface area contributed by atoms with Crippen LogP contribution in [0.5, 0.6) is 5.75 Å². The van der Waals surface area contributed by atoms with E-state index in [-0.39, 0.29) is 29.5 Å². The van der Waals surface area contributed by atoms with E-state index in [1.54, 1.807) is 31.5 Å². The summed E-state index contributed by atoms with van der Waals surface area (Å²) >= 11 is 0. The predicted molar refractivity (Wildman–Crippen MR) is 106 cm³/mol. The Hall–Kier alpha value is -4.01. The standard InChI is InChI=1S/C21H15F2N3O4/c1-2-29-21(28)17-18(27)16(8-11-10-25-19-13(11)4-3-7-24-19)30-20(17)26-12-5-6-14(22)15(23)9-12/h3-10,26-27H,2H2,1H3. The molecule has 0 saturated heterocycles. The van der Waals surface area contributed by atoms with Crippen molar-refractivity contribution in [3.8, 4) is 5.75 Å². The highest BCUT2D eigenvalue weighted by Gasteiger charge is 2.27. The summed E-state index contributed by atoms with van der Waals surface area (Å²) in [5, 5.41) is 13.3. The summed E-state index contributed by atoms with van der Waals surface area (Å²) in [6, 6.07) is 6.62. The molecule has 0 spiro atoms. The first-order valence-electron chi connectivity index (χ1n) is 8.94. The number of halogens is 2. The zero-order valence-corrected chi connectivity index (χ0v) is 15.6. The Kier molecular flexibility index (Phi) is 5.01. The van der Waals surface area contributed by atoms with E-state index < -0.39 is 23.4 Å². The summed E-state index contributed by atoms with van der Waals surface area (Å²) in [5.74, 6) is -3.10. The van der Waals surface area contributed by atoms with E-state index in [0.29, 0.717) is 11.4 Å². The van der Waals surface area contributed by atoms with Crippen LogP contribution in [0.25, 0.3) is 11.6 Å². The lowest BCUT2D eigenvalue weighted by atomic mass is 10.1. The SMILES string of the molecule is CCOC(=O)c1c(Nc2ccc(F)c(F)c2)oc(C=C2C=Nc3ncccc32)c1O. The van der Waals surface area contributed by atoms with Crippen molar-refractivity contribution in [2.45, 2.75) is 6.92 Å². The number of hydrogen-bond acceptors (Lipinski definition) is 7. The number of furan rings is 1. The highest BCUT2D eigenvalue weighted by atomic mass is 19.2. The topological polar surface area (TPSA) is 97.0 Å². The van der Waals surface area contributed by atoms with Gasteiger partial charge in [-0.15, -0.1) is 0 Å². The lowest BCUT2D eigenvalue weighted by molar-refractivity contribution is 0.0524. The number of benzene rings is 1. The van der Waals surface area contributed by atoms with E-state index in [9.17, 15) is 18.7 Å². The minimum Gasteiger partial charge on any atom is -0.504 e. The number of pyridine rings is 1. The van der Waals surface area contributed by atoms with Gasteiger partial charge in [0.1, 0.15) is 0 Å². The Balaban J connectivity index is 1.76. The van der Waals surface area contributed by atoms with Crippen LogP contribution >= 0.6 is 0 Å². The van der Waals surface area contributed by atoms with Crippen molar-refractivity contribution in [3.63, 3.8) is 0 Å². The Morgan fingerprint density at radius 1 is 1.30 bits per heavy atom. The molecule has 0 unspecified atom stereocenters. The van der Waals surface area contributed by atoms with Gasteiger partial charge in [0, 0.05) is 35.3 Å². The van der Waals surface area contributed by atoms with Gasteiger partial charge in [0.05, 0.1) is 6.61 Å². The maximum atomic E-state index is 13.5. The van der Waals surface area contributed by atoms with Gasteiger partial charge in [-0.2, -0.15) is 0 Å². The van der Waals surface area contributed by atoms with E-state index in [1.807, 2.05) is 0 Å². The first-order chi connectivity index (χ1) is 14.5. The molecule has 0 bridgehead atoms. The molecule has 3 aromatic rings. The molecule has 0 amide bonds. The third-order valence-electron chi connectivity index (χ3n) is 4.28. The number of carbonyl (C=O) groups excluding carboxylic acids is 1. The molecular weight excluding hydrogens is 396 g/mol. The van der Waals surface area contributed by atoms with Gasteiger partial charge < -0.3 is 19.6 Å². The Morgan fingerprint density at radius 2 is 2.13 bits per heavy atom. The molecule has 1 aliphatic rings. The fourth-order valence-electron chi connectivity index (χ4n) is 2.91. The second kappa shape index (κ2) is 7.78. The highest BCUT2D eigenvalue weighted by Crippen LogP contribution is 2.39. The number of aromatic nitrogens is 1. The average Bonchev–Trinajstić information content (AvgIpc) is 3.26. The normalized spacial score (nSPS) is 13.5. The number of rotatable bonds is 5. The first-order valence-corrected chi connectivity index (χ1v) is 8.94. The Bertz CT molecular complexity index is 1200. The number of esters is 1. The number of carbonyl (C=O) groups is 1. The molecule has 7 nitrogen and oxygen atoms in total. The molecule has 3 heterocycles. The largest absolute Gasteiger partial charge is 0.504 e. The van der Waals surface area contributed by atoms with Crippen LogP contribution in [0.1, 0.15) is 28.6 Å². The number of ether oxygens (including phenoxy) is 1. The maximum absolute atomic E-state index is 13.5. The van der Waals surface area contributed by atoms with Gasteiger partial charge in [-0.25, -0.2) is 23.6 Å². The second-order valence-electron chi connectivity index (χ2n) is 6.23. The molecule has 1 aliphatic heterocycles. The van der Waals surface area contributed by atoms with Crippen LogP contribution < -0.4 is 5.32 Å². The van der Waals surface area contributed by atoms with Crippen molar-refractivity contribution in [1.29, 1.82) is 0 Å². The summed E-state index contributed by atoms with van der Waals surface area (Å²) in [6.07, 6.45) is 4.64. The summed E-state index contributed by atoms with van der Waals surface area (Å²) in [5.41, 5.74) is 1.18. The summed E-state index contributed by atoms with van der Waals surface area (Å²) < 4.78 is 37.3. The maximum Gasteiger partial charge on any atom is 0.347 e. The van der Waals surface area contributed by atoms with E-state index in [1.165, 1.54) is 12.1 Å². The molecular formula is C21H15F2N3O4. The van der Waals surface area contributed by atoms with Crippen molar-refractivity contribution in [2.24, 2.45) is 4.99 Å². The van der Waals surface area contributed by atoms with Crippen LogP contribution in [0.3, 0.4) is 0 Å². The lowest BCUT2D eigenvalue weighted by Crippen LogP contribution is -2.06. The minimum atomic E-state index is -1.08. The number of allylic oxidation sites excluding steroid dienone is 1. The minimum absolute atomic E-state index is 0.0405. The molecule has 0 atom stereocenters. The van der Waals surface area contributed by atoms with Crippen molar-refractivity contribution in [1.82, 2.24) is 4.98 Å². The highest BCUT2D eigenvalue weighted by molar-refractivity contribution is 6.21. The van der Waals surface area contributed by atoms with Crippen LogP contribution in [-0.2, 0) is 4.74 Å². The molecule has 152 valence electrons. The summed E-state index contributed by atoms with van der Waals surface area (Å²) in [7, 11) is 0. The van der Waals surface area contributed by atoms with Gasteiger partial charge in [0.15, 0.2) is 34.5 Å². The van der Waals surface area contributed by atoms with E-state index in [4.69, 9.17) is 9.15 Å². The lowest BCUT2D eigenvalue weighted by Gasteiger charge is -2.06. The van der Waals surface area contributed by atoms with Crippen molar-refractivity contribution >= 4 is 41.2 Å². The van der Waals surface area contributed by atoms with Gasteiger partial charge in [0.2, 0.25) is 5.88 Å². The fourth-order valence-corrected chi connectivity index (χ4v) is 2.91. The molecule has 0 radical (unpaired) electrons. The third-order valence-corrected chi connectivity index (χ3v) is 4.28. The number of aliphatic imine (C=N–C) groups is 1. The molecule has 0 saturated carbocycles. The third kappa shape index (κ3) is 3.52. The van der Waals surface area contributed by atoms with Gasteiger partial charge in [-0.3, -0.25) is 0 Å². The smallest absolute Gasteiger partial charge is 0.347 e. The molecule has 0 aliphatic carbocycles. The van der Waals surface area contributed by atoms with Gasteiger partial charge >= 0.3 is 5.97 Å². The van der Waals surface area contributed by atoms with Gasteiger partial charge in [-0.1, -0.05) is 0 Å². The van der Waals surface area contributed by atoms with Crippen molar-refractivity contribution < 1.29 is 27.8 Å². The van der Waals surface area contributed by atoms with Crippen molar-refractivity contribution in [3.05, 3.63) is 65.1 Å². The zero-order chi connectivity index (χ0) is 21.3. The molecule has 4 rings (SSSR count). The van der Waals surface area contributed by atoms with Crippen LogP contribution in [-0.4, -0.2) is 28.9 Å².